The second-order valence-corrected chi connectivity index (χ2v) is 6.16. The summed E-state index contributed by atoms with van der Waals surface area (Å²) in [5, 5.41) is 9.80. The Morgan fingerprint density at radius 1 is 1.33 bits per heavy atom. The Kier molecular flexibility index (Phi) is 3.08. The average molecular weight is 260 g/mol. The average Bonchev–Trinajstić information content (AvgIpc) is 2.39. The number of benzene rings is 1. The monoisotopic (exact) mass is 260 g/mol. The van der Waals surface area contributed by atoms with E-state index in [0.717, 1.165) is 12.2 Å². The second kappa shape index (κ2) is 4.73. The molecule has 0 amide bonds. The number of allylic oxidation sites excluding steroid dienone is 2. The molecule has 1 aliphatic heterocycles. The van der Waals surface area contributed by atoms with Crippen LogP contribution in [-0.2, 0) is 0 Å². The Balaban J connectivity index is 1.81. The molecule has 0 saturated heterocycles. The van der Waals surface area contributed by atoms with Crippen LogP contribution in [0.4, 0.5) is 0 Å². The summed E-state index contributed by atoms with van der Waals surface area (Å²) in [5.41, 5.74) is 0. The topological polar surface area (TPSA) is 29.5 Å². The molecule has 0 bridgehead atoms. The van der Waals surface area contributed by atoms with Crippen molar-refractivity contribution in [1.29, 1.82) is 0 Å². The smallest absolute Gasteiger partial charge is 0.133 e. The Morgan fingerprint density at radius 2 is 2.17 bits per heavy atom. The SMILES string of the molecule is C[C@@H]1Sc2ccccc2O[C@H]1C1C=CC(O)=CC1. The van der Waals surface area contributed by atoms with Crippen LogP contribution in [-0.4, -0.2) is 16.5 Å². The molecule has 1 aromatic rings. The first kappa shape index (κ1) is 11.7. The van der Waals surface area contributed by atoms with Crippen LogP contribution in [0, 0.1) is 5.92 Å². The molecule has 1 N–H and O–H groups in total. The highest BCUT2D eigenvalue weighted by atomic mass is 32.2. The van der Waals surface area contributed by atoms with Gasteiger partial charge in [-0.1, -0.05) is 18.2 Å². The molecule has 1 unspecified atom stereocenters. The largest absolute Gasteiger partial charge is 0.508 e. The fourth-order valence-corrected chi connectivity index (χ4v) is 3.64. The highest BCUT2D eigenvalue weighted by Gasteiger charge is 2.32. The molecular formula is C15H16O2S. The summed E-state index contributed by atoms with van der Waals surface area (Å²) in [6, 6.07) is 8.19. The van der Waals surface area contributed by atoms with Gasteiger partial charge in [0.15, 0.2) is 0 Å². The molecular weight excluding hydrogens is 244 g/mol. The molecule has 2 nitrogen and oxygen atoms in total. The molecule has 1 aliphatic carbocycles. The van der Waals surface area contributed by atoms with Crippen molar-refractivity contribution < 1.29 is 9.84 Å². The zero-order valence-corrected chi connectivity index (χ0v) is 11.1. The first-order valence-electron chi connectivity index (χ1n) is 6.24. The third kappa shape index (κ3) is 2.15. The first-order valence-corrected chi connectivity index (χ1v) is 7.11. The lowest BCUT2D eigenvalue weighted by Crippen LogP contribution is -2.37. The van der Waals surface area contributed by atoms with Gasteiger partial charge in [-0.3, -0.25) is 0 Å². The van der Waals surface area contributed by atoms with Crippen LogP contribution in [0.5, 0.6) is 5.75 Å². The van der Waals surface area contributed by atoms with E-state index in [-0.39, 0.29) is 6.10 Å². The standard InChI is InChI=1S/C15H16O2S/c1-10-15(11-6-8-12(16)9-7-11)17-13-4-2-3-5-14(13)18-10/h2-6,8-11,15-16H,7H2,1H3/t10-,11?,15+/m0/s1. The molecule has 0 fully saturated rings. The Morgan fingerprint density at radius 3 is 2.94 bits per heavy atom. The summed E-state index contributed by atoms with van der Waals surface area (Å²) < 4.78 is 6.14. The summed E-state index contributed by atoms with van der Waals surface area (Å²) in [5.74, 6) is 1.69. The number of thioether (sulfide) groups is 1. The predicted octanol–water partition coefficient (Wildman–Crippen LogP) is 3.95. The summed E-state index contributed by atoms with van der Waals surface area (Å²) in [6.45, 7) is 2.21. The number of ether oxygens (including phenoxy) is 1. The highest BCUT2D eigenvalue weighted by molar-refractivity contribution is 8.00. The highest BCUT2D eigenvalue weighted by Crippen LogP contribution is 2.42. The first-order chi connectivity index (χ1) is 8.74. The quantitative estimate of drug-likeness (QED) is 0.829. The molecule has 0 aromatic heterocycles. The van der Waals surface area contributed by atoms with E-state index >= 15 is 0 Å². The number of rotatable bonds is 1. The lowest BCUT2D eigenvalue weighted by atomic mass is 9.92. The van der Waals surface area contributed by atoms with Gasteiger partial charge in [0.05, 0.1) is 0 Å². The molecule has 1 heterocycles. The second-order valence-electron chi connectivity index (χ2n) is 4.74. The van der Waals surface area contributed by atoms with Gasteiger partial charge in [-0.25, -0.2) is 0 Å². The van der Waals surface area contributed by atoms with Crippen molar-refractivity contribution in [2.75, 3.05) is 0 Å². The van der Waals surface area contributed by atoms with Gasteiger partial charge < -0.3 is 9.84 Å². The Bertz CT molecular complexity index is 507. The zero-order chi connectivity index (χ0) is 12.5. The zero-order valence-electron chi connectivity index (χ0n) is 10.2. The van der Waals surface area contributed by atoms with Crippen LogP contribution in [0.25, 0.3) is 0 Å². The maximum Gasteiger partial charge on any atom is 0.133 e. The lowest BCUT2D eigenvalue weighted by molar-refractivity contribution is 0.147. The van der Waals surface area contributed by atoms with Gasteiger partial charge in [0.1, 0.15) is 17.6 Å². The molecule has 0 radical (unpaired) electrons. The van der Waals surface area contributed by atoms with Crippen LogP contribution in [0.2, 0.25) is 0 Å². The fraction of sp³-hybridized carbons (Fsp3) is 0.333. The fourth-order valence-electron chi connectivity index (χ4n) is 2.46. The van der Waals surface area contributed by atoms with Crippen LogP contribution < -0.4 is 4.74 Å². The molecule has 3 atom stereocenters. The van der Waals surface area contributed by atoms with Crippen LogP contribution in [0.3, 0.4) is 0 Å². The molecule has 3 rings (SSSR count). The third-order valence-corrected chi connectivity index (χ3v) is 4.65. The number of fused-ring (bicyclic) bond motifs is 1. The number of aliphatic hydroxyl groups is 1. The summed E-state index contributed by atoms with van der Waals surface area (Å²) in [6.07, 6.45) is 6.72. The van der Waals surface area contributed by atoms with E-state index in [4.69, 9.17) is 4.74 Å². The molecule has 1 aromatic carbocycles. The van der Waals surface area contributed by atoms with Crippen molar-refractivity contribution >= 4 is 11.8 Å². The summed E-state index contributed by atoms with van der Waals surface area (Å²) in [7, 11) is 0. The van der Waals surface area contributed by atoms with Gasteiger partial charge in [-0.05, 0) is 37.6 Å². The van der Waals surface area contributed by atoms with Crippen molar-refractivity contribution in [3.63, 3.8) is 0 Å². The minimum absolute atomic E-state index is 0.172. The van der Waals surface area contributed by atoms with Gasteiger partial charge >= 0.3 is 0 Å². The van der Waals surface area contributed by atoms with E-state index in [1.807, 2.05) is 36.0 Å². The number of para-hydroxylation sites is 1. The maximum atomic E-state index is 9.38. The summed E-state index contributed by atoms with van der Waals surface area (Å²) in [4.78, 5) is 1.22. The minimum Gasteiger partial charge on any atom is -0.508 e. The number of hydrogen-bond donors (Lipinski definition) is 1. The van der Waals surface area contributed by atoms with Crippen LogP contribution in [0.15, 0.2) is 53.1 Å². The van der Waals surface area contributed by atoms with E-state index in [2.05, 4.69) is 19.1 Å². The Hall–Kier alpha value is -1.35. The number of hydrogen-bond acceptors (Lipinski definition) is 3. The van der Waals surface area contributed by atoms with Crippen molar-refractivity contribution in [2.45, 2.75) is 29.6 Å². The van der Waals surface area contributed by atoms with Gasteiger partial charge in [0, 0.05) is 16.1 Å². The lowest BCUT2D eigenvalue weighted by Gasteiger charge is -2.35. The minimum atomic E-state index is 0.172. The summed E-state index contributed by atoms with van der Waals surface area (Å²) >= 11 is 1.87. The third-order valence-electron chi connectivity index (χ3n) is 3.42. The predicted molar refractivity (Wildman–Crippen MR) is 74.1 cm³/mol. The van der Waals surface area contributed by atoms with Crippen LogP contribution in [0.1, 0.15) is 13.3 Å². The van der Waals surface area contributed by atoms with Gasteiger partial charge in [0.25, 0.3) is 0 Å². The van der Waals surface area contributed by atoms with E-state index in [1.54, 1.807) is 6.08 Å². The normalized spacial score (nSPS) is 30.3. The van der Waals surface area contributed by atoms with E-state index in [1.165, 1.54) is 4.90 Å². The Labute approximate surface area is 111 Å². The van der Waals surface area contributed by atoms with Crippen LogP contribution >= 0.6 is 11.8 Å². The van der Waals surface area contributed by atoms with E-state index in [0.29, 0.717) is 16.9 Å². The van der Waals surface area contributed by atoms with Crippen molar-refractivity contribution in [3.8, 4) is 5.75 Å². The molecule has 0 spiro atoms. The van der Waals surface area contributed by atoms with Crippen molar-refractivity contribution in [1.82, 2.24) is 0 Å². The number of aliphatic hydroxyl groups excluding tert-OH is 1. The van der Waals surface area contributed by atoms with E-state index in [9.17, 15) is 5.11 Å². The van der Waals surface area contributed by atoms with Gasteiger partial charge in [-0.2, -0.15) is 0 Å². The van der Waals surface area contributed by atoms with Gasteiger partial charge in [-0.15, -0.1) is 11.8 Å². The maximum absolute atomic E-state index is 9.38. The van der Waals surface area contributed by atoms with Crippen molar-refractivity contribution in [3.05, 3.63) is 48.3 Å². The van der Waals surface area contributed by atoms with E-state index < -0.39 is 0 Å². The molecule has 94 valence electrons. The molecule has 18 heavy (non-hydrogen) atoms. The molecule has 0 saturated carbocycles. The molecule has 3 heteroatoms. The van der Waals surface area contributed by atoms with Crippen molar-refractivity contribution in [2.24, 2.45) is 5.92 Å². The van der Waals surface area contributed by atoms with Gasteiger partial charge in [0.2, 0.25) is 0 Å². The molecule has 2 aliphatic rings.